The standard InChI is InChI=1S/C13H16ClFN6O/c1-7-8(15)13(22-10(7)14)21-6-18-9-11(19-5-20(2)3)16-4-17-12(9)21/h4-8,10,13H,1-3H3/b19-5+/t7-,8-,10-,13+/m0/s1. The van der Waals surface area contributed by atoms with E-state index >= 15 is 0 Å². The van der Waals surface area contributed by atoms with Crippen molar-refractivity contribution in [1.82, 2.24) is 24.4 Å². The highest BCUT2D eigenvalue weighted by Gasteiger charge is 2.43. The maximum absolute atomic E-state index is 14.3. The molecule has 0 unspecified atom stereocenters. The number of fused-ring (bicyclic) bond motifs is 1. The quantitative estimate of drug-likeness (QED) is 0.491. The Kier molecular flexibility index (Phi) is 3.96. The van der Waals surface area contributed by atoms with E-state index in [0.717, 1.165) is 0 Å². The Labute approximate surface area is 131 Å². The second kappa shape index (κ2) is 5.77. The molecule has 0 spiro atoms. The summed E-state index contributed by atoms with van der Waals surface area (Å²) in [5, 5.41) is 0. The first-order chi connectivity index (χ1) is 10.5. The molecule has 22 heavy (non-hydrogen) atoms. The summed E-state index contributed by atoms with van der Waals surface area (Å²) in [7, 11) is 3.70. The molecule has 7 nitrogen and oxygen atoms in total. The van der Waals surface area contributed by atoms with E-state index in [2.05, 4.69) is 19.9 Å². The molecule has 1 saturated heterocycles. The molecule has 0 bridgehead atoms. The van der Waals surface area contributed by atoms with Gasteiger partial charge in [-0.25, -0.2) is 24.3 Å². The first-order valence-electron chi connectivity index (χ1n) is 6.81. The summed E-state index contributed by atoms with van der Waals surface area (Å²) in [6, 6.07) is 0. The highest BCUT2D eigenvalue weighted by atomic mass is 35.5. The van der Waals surface area contributed by atoms with Crippen molar-refractivity contribution < 1.29 is 9.13 Å². The fourth-order valence-electron chi connectivity index (χ4n) is 2.25. The second-order valence-corrected chi connectivity index (χ2v) is 5.84. The minimum atomic E-state index is -1.23. The molecule has 2 aromatic heterocycles. The van der Waals surface area contributed by atoms with Gasteiger partial charge in [0.15, 0.2) is 29.4 Å². The molecule has 1 aliphatic heterocycles. The van der Waals surface area contributed by atoms with Crippen LogP contribution < -0.4 is 0 Å². The number of hydrogen-bond donors (Lipinski definition) is 0. The molecular formula is C13H16ClFN6O. The molecule has 3 heterocycles. The van der Waals surface area contributed by atoms with Gasteiger partial charge in [-0.05, 0) is 0 Å². The fourth-order valence-corrected chi connectivity index (χ4v) is 2.49. The minimum absolute atomic E-state index is 0.405. The Hall–Kier alpha value is -1.80. The monoisotopic (exact) mass is 326 g/mol. The molecule has 0 saturated carbocycles. The first-order valence-corrected chi connectivity index (χ1v) is 7.24. The van der Waals surface area contributed by atoms with Crippen LogP contribution in [0.2, 0.25) is 0 Å². The number of nitrogens with zero attached hydrogens (tertiary/aromatic N) is 6. The van der Waals surface area contributed by atoms with Gasteiger partial charge in [0.1, 0.15) is 11.9 Å². The summed E-state index contributed by atoms with van der Waals surface area (Å²) >= 11 is 5.98. The van der Waals surface area contributed by atoms with Crippen LogP contribution in [0.1, 0.15) is 13.2 Å². The van der Waals surface area contributed by atoms with Crippen LogP contribution in [0.5, 0.6) is 0 Å². The molecule has 0 aromatic carbocycles. The van der Waals surface area contributed by atoms with Crippen LogP contribution >= 0.6 is 11.6 Å². The van der Waals surface area contributed by atoms with Gasteiger partial charge >= 0.3 is 0 Å². The molecule has 2 aromatic rings. The largest absolute Gasteiger partial charge is 0.369 e. The van der Waals surface area contributed by atoms with Gasteiger partial charge in [0.2, 0.25) is 0 Å². The lowest BCUT2D eigenvalue weighted by molar-refractivity contribution is 0.0108. The van der Waals surface area contributed by atoms with Crippen molar-refractivity contribution >= 4 is 34.9 Å². The summed E-state index contributed by atoms with van der Waals surface area (Å²) in [5.41, 5.74) is 0.277. The van der Waals surface area contributed by atoms with E-state index < -0.39 is 23.9 Å². The lowest BCUT2D eigenvalue weighted by Gasteiger charge is -2.14. The van der Waals surface area contributed by atoms with Crippen molar-refractivity contribution in [3.8, 4) is 0 Å². The van der Waals surface area contributed by atoms with Crippen LogP contribution in [-0.2, 0) is 4.74 Å². The molecule has 9 heteroatoms. The first kappa shape index (κ1) is 15.1. The Morgan fingerprint density at radius 2 is 2.18 bits per heavy atom. The van der Waals surface area contributed by atoms with Gasteiger partial charge in [-0.1, -0.05) is 18.5 Å². The topological polar surface area (TPSA) is 68.4 Å². The third-order valence-electron chi connectivity index (χ3n) is 3.48. The lowest BCUT2D eigenvalue weighted by atomic mass is 10.1. The number of aliphatic imine (C=N–C) groups is 1. The van der Waals surface area contributed by atoms with Gasteiger partial charge in [0, 0.05) is 20.0 Å². The van der Waals surface area contributed by atoms with Crippen molar-refractivity contribution in [1.29, 1.82) is 0 Å². The van der Waals surface area contributed by atoms with Crippen molar-refractivity contribution in [3.05, 3.63) is 12.7 Å². The molecular weight excluding hydrogens is 311 g/mol. The SMILES string of the molecule is C[C@H]1[C@H](F)[C@H](n2cnc3c(/N=C/N(C)C)ncnc32)O[C@@H]1Cl. The highest BCUT2D eigenvalue weighted by Crippen LogP contribution is 2.39. The van der Waals surface area contributed by atoms with Crippen LogP contribution in [0.4, 0.5) is 10.2 Å². The molecule has 3 rings (SSSR count). The zero-order valence-electron chi connectivity index (χ0n) is 12.4. The van der Waals surface area contributed by atoms with Gasteiger partial charge in [-0.3, -0.25) is 4.57 Å². The summed E-state index contributed by atoms with van der Waals surface area (Å²) in [4.78, 5) is 18.5. The van der Waals surface area contributed by atoms with Gasteiger partial charge in [-0.15, -0.1) is 0 Å². The number of hydrogen-bond acceptors (Lipinski definition) is 5. The van der Waals surface area contributed by atoms with E-state index in [0.29, 0.717) is 17.0 Å². The van der Waals surface area contributed by atoms with E-state index in [1.165, 1.54) is 17.2 Å². The van der Waals surface area contributed by atoms with E-state index in [1.54, 1.807) is 18.2 Å². The Balaban J connectivity index is 2.01. The molecule has 0 aliphatic carbocycles. The number of imidazole rings is 1. The van der Waals surface area contributed by atoms with Gasteiger partial charge in [0.05, 0.1) is 12.7 Å². The summed E-state index contributed by atoms with van der Waals surface area (Å²) in [6.07, 6.45) is 2.38. The third-order valence-corrected chi connectivity index (χ3v) is 3.98. The smallest absolute Gasteiger partial charge is 0.184 e. The van der Waals surface area contributed by atoms with E-state index in [4.69, 9.17) is 16.3 Å². The van der Waals surface area contributed by atoms with E-state index in [-0.39, 0.29) is 0 Å². The van der Waals surface area contributed by atoms with Gasteiger partial charge in [0.25, 0.3) is 0 Å². The average Bonchev–Trinajstić information content (AvgIpc) is 3.02. The summed E-state index contributed by atoms with van der Waals surface area (Å²) in [5.74, 6) is 0.0125. The Bertz CT molecular complexity index is 705. The average molecular weight is 327 g/mol. The number of alkyl halides is 2. The molecule has 118 valence electrons. The molecule has 0 N–H and O–H groups in total. The van der Waals surface area contributed by atoms with Gasteiger partial charge < -0.3 is 9.64 Å². The summed E-state index contributed by atoms with van der Waals surface area (Å²) < 4.78 is 21.4. The van der Waals surface area contributed by atoms with Crippen molar-refractivity contribution in [2.45, 2.75) is 24.9 Å². The second-order valence-electron chi connectivity index (χ2n) is 5.41. The predicted molar refractivity (Wildman–Crippen MR) is 81.0 cm³/mol. The molecule has 1 fully saturated rings. The number of halogens is 2. The summed E-state index contributed by atoms with van der Waals surface area (Å²) in [6.45, 7) is 1.71. The Morgan fingerprint density at radius 3 is 2.82 bits per heavy atom. The molecule has 4 atom stereocenters. The maximum Gasteiger partial charge on any atom is 0.184 e. The minimum Gasteiger partial charge on any atom is -0.369 e. The van der Waals surface area contributed by atoms with Crippen molar-refractivity contribution in [2.75, 3.05) is 14.1 Å². The van der Waals surface area contributed by atoms with Crippen LogP contribution in [0.15, 0.2) is 17.6 Å². The number of aromatic nitrogens is 4. The molecule has 0 amide bonds. The van der Waals surface area contributed by atoms with Gasteiger partial charge in [-0.2, -0.15) is 0 Å². The normalized spacial score (nSPS) is 28.8. The lowest BCUT2D eigenvalue weighted by Crippen LogP contribution is -2.19. The highest BCUT2D eigenvalue weighted by molar-refractivity contribution is 6.20. The van der Waals surface area contributed by atoms with E-state index in [1.807, 2.05) is 14.1 Å². The van der Waals surface area contributed by atoms with Crippen LogP contribution in [0.25, 0.3) is 11.2 Å². The van der Waals surface area contributed by atoms with Crippen LogP contribution in [0, 0.1) is 5.92 Å². The zero-order valence-corrected chi connectivity index (χ0v) is 13.1. The predicted octanol–water partition coefficient (Wildman–Crippen LogP) is 2.12. The van der Waals surface area contributed by atoms with Crippen molar-refractivity contribution in [2.24, 2.45) is 10.9 Å². The molecule has 0 radical (unpaired) electrons. The fraction of sp³-hybridized carbons (Fsp3) is 0.538. The third kappa shape index (κ3) is 2.52. The van der Waals surface area contributed by atoms with Crippen LogP contribution in [-0.4, -0.2) is 56.6 Å². The Morgan fingerprint density at radius 1 is 1.41 bits per heavy atom. The number of ether oxygens (including phenoxy) is 1. The van der Waals surface area contributed by atoms with Crippen LogP contribution in [0.3, 0.4) is 0 Å². The number of rotatable bonds is 3. The van der Waals surface area contributed by atoms with Crippen molar-refractivity contribution in [3.63, 3.8) is 0 Å². The zero-order chi connectivity index (χ0) is 15.9. The van der Waals surface area contributed by atoms with E-state index in [9.17, 15) is 4.39 Å². The maximum atomic E-state index is 14.3. The molecule has 1 aliphatic rings.